The van der Waals surface area contributed by atoms with Crippen LogP contribution in [-0.2, 0) is 29.1 Å². The molecule has 4 rings (SSSR count). The Morgan fingerprint density at radius 3 is 2.89 bits per heavy atom. The lowest BCUT2D eigenvalue weighted by Crippen LogP contribution is -2.46. The third-order valence-corrected chi connectivity index (χ3v) is 5.63. The van der Waals surface area contributed by atoms with Crippen LogP contribution in [0.25, 0.3) is 0 Å². The molecule has 2 aliphatic heterocycles. The Bertz CT molecular complexity index is 947. The minimum atomic E-state index is -0.987. The molecule has 2 aromatic rings. The number of anilines is 1. The van der Waals surface area contributed by atoms with Crippen LogP contribution < -0.4 is 4.90 Å². The van der Waals surface area contributed by atoms with E-state index in [9.17, 15) is 19.1 Å². The Morgan fingerprint density at radius 1 is 1.43 bits per heavy atom. The van der Waals surface area contributed by atoms with Crippen LogP contribution in [-0.4, -0.2) is 50.3 Å². The summed E-state index contributed by atoms with van der Waals surface area (Å²) < 4.78 is 15.1. The van der Waals surface area contributed by atoms with Gasteiger partial charge in [0.25, 0.3) is 5.91 Å². The second-order valence-corrected chi connectivity index (χ2v) is 7.66. The van der Waals surface area contributed by atoms with Crippen LogP contribution in [0.1, 0.15) is 24.6 Å². The molecule has 0 bridgehead atoms. The zero-order valence-corrected chi connectivity index (χ0v) is 16.1. The summed E-state index contributed by atoms with van der Waals surface area (Å²) in [6.45, 7) is 3.18. The molecule has 28 heavy (non-hydrogen) atoms. The van der Waals surface area contributed by atoms with Crippen molar-refractivity contribution in [3.63, 3.8) is 0 Å². The van der Waals surface area contributed by atoms with Gasteiger partial charge in [-0.15, -0.1) is 0 Å². The Labute approximate surface area is 166 Å². The average Bonchev–Trinajstić information content (AvgIpc) is 3.20. The Kier molecular flexibility index (Phi) is 4.84. The van der Waals surface area contributed by atoms with E-state index in [4.69, 9.17) is 11.6 Å². The Balaban J connectivity index is 1.55. The molecule has 1 saturated heterocycles. The fourth-order valence-corrected chi connectivity index (χ4v) is 3.98. The van der Waals surface area contributed by atoms with Gasteiger partial charge in [-0.25, -0.2) is 4.39 Å². The topological polar surface area (TPSA) is 78.7 Å². The number of aliphatic hydroxyl groups is 1. The van der Waals surface area contributed by atoms with Gasteiger partial charge in [0.05, 0.1) is 42.1 Å². The van der Waals surface area contributed by atoms with Gasteiger partial charge in [-0.05, 0) is 24.6 Å². The van der Waals surface area contributed by atoms with Crippen molar-refractivity contribution in [2.24, 2.45) is 0 Å². The Morgan fingerprint density at radius 2 is 2.21 bits per heavy atom. The summed E-state index contributed by atoms with van der Waals surface area (Å²) in [6, 6.07) is 4.18. The standard InChI is InChI=1S/C19H20ClFN4O3/c1-11-9-25-16(15(8-22-25)23-5-4-17(26)19(23)28)10-24(11)18(27)7-12-2-3-14(21)13(20)6-12/h2-3,6,8,11,17,26H,4-5,7,9-10H2,1H3/t11-,17?/m0/s1. The fraction of sp³-hybridized carbons (Fsp3) is 0.421. The van der Waals surface area contributed by atoms with Gasteiger partial charge in [0.15, 0.2) is 0 Å². The number of benzene rings is 1. The van der Waals surface area contributed by atoms with Crippen LogP contribution >= 0.6 is 11.6 Å². The van der Waals surface area contributed by atoms with Crippen molar-refractivity contribution in [2.45, 2.75) is 45.0 Å². The van der Waals surface area contributed by atoms with Crippen molar-refractivity contribution < 1.29 is 19.1 Å². The smallest absolute Gasteiger partial charge is 0.255 e. The minimum absolute atomic E-state index is 0.0107. The van der Waals surface area contributed by atoms with Gasteiger partial charge in [-0.1, -0.05) is 17.7 Å². The van der Waals surface area contributed by atoms with Gasteiger partial charge in [0, 0.05) is 19.0 Å². The first-order valence-electron chi connectivity index (χ1n) is 9.12. The number of amides is 2. The minimum Gasteiger partial charge on any atom is -0.383 e. The highest BCUT2D eigenvalue weighted by Crippen LogP contribution is 2.30. The summed E-state index contributed by atoms with van der Waals surface area (Å²) in [5.41, 5.74) is 2.04. The van der Waals surface area contributed by atoms with E-state index in [1.807, 2.05) is 6.92 Å². The molecule has 1 fully saturated rings. The molecule has 148 valence electrons. The zero-order valence-electron chi connectivity index (χ0n) is 15.3. The molecule has 1 N–H and O–H groups in total. The van der Waals surface area contributed by atoms with Crippen LogP contribution in [0.4, 0.5) is 10.1 Å². The summed E-state index contributed by atoms with van der Waals surface area (Å²) in [5.74, 6) is -0.968. The first kappa shape index (κ1) is 18.9. The van der Waals surface area contributed by atoms with E-state index in [1.165, 1.54) is 17.0 Å². The molecule has 1 unspecified atom stereocenters. The van der Waals surface area contributed by atoms with Crippen LogP contribution in [0.3, 0.4) is 0 Å². The molecule has 1 aromatic carbocycles. The number of halogens is 2. The van der Waals surface area contributed by atoms with E-state index < -0.39 is 11.9 Å². The van der Waals surface area contributed by atoms with Crippen molar-refractivity contribution in [1.29, 1.82) is 0 Å². The van der Waals surface area contributed by atoms with E-state index in [0.29, 0.717) is 37.3 Å². The summed E-state index contributed by atoms with van der Waals surface area (Å²) in [4.78, 5) is 28.3. The van der Waals surface area contributed by atoms with Crippen LogP contribution in [0, 0.1) is 5.82 Å². The molecule has 0 aliphatic carbocycles. The highest BCUT2D eigenvalue weighted by atomic mass is 35.5. The molecule has 0 spiro atoms. The number of nitrogens with zero attached hydrogens (tertiary/aromatic N) is 4. The first-order valence-corrected chi connectivity index (χ1v) is 9.50. The summed E-state index contributed by atoms with van der Waals surface area (Å²) in [5, 5.41) is 14.1. The predicted octanol–water partition coefficient (Wildman–Crippen LogP) is 1.75. The summed E-state index contributed by atoms with van der Waals surface area (Å²) in [7, 11) is 0. The Hall–Kier alpha value is -2.45. The van der Waals surface area contributed by atoms with Crippen molar-refractivity contribution in [3.05, 3.63) is 46.5 Å². The lowest BCUT2D eigenvalue weighted by molar-refractivity contribution is -0.134. The number of aromatic nitrogens is 2. The molecule has 3 heterocycles. The maximum atomic E-state index is 13.3. The average molecular weight is 407 g/mol. The molecule has 0 saturated carbocycles. The van der Waals surface area contributed by atoms with Crippen LogP contribution in [0.5, 0.6) is 0 Å². The largest absolute Gasteiger partial charge is 0.383 e. The third kappa shape index (κ3) is 3.27. The molecule has 1 aromatic heterocycles. The van der Waals surface area contributed by atoms with Crippen LogP contribution in [0.2, 0.25) is 5.02 Å². The molecule has 0 radical (unpaired) electrons. The van der Waals surface area contributed by atoms with E-state index in [1.54, 1.807) is 21.8 Å². The zero-order chi connectivity index (χ0) is 20.0. The van der Waals surface area contributed by atoms with Crippen molar-refractivity contribution in [3.8, 4) is 0 Å². The lowest BCUT2D eigenvalue weighted by Gasteiger charge is -2.35. The maximum absolute atomic E-state index is 13.3. The molecule has 2 atom stereocenters. The molecule has 9 heteroatoms. The van der Waals surface area contributed by atoms with Crippen LogP contribution in [0.15, 0.2) is 24.4 Å². The monoisotopic (exact) mass is 406 g/mol. The van der Waals surface area contributed by atoms with Gasteiger partial charge < -0.3 is 14.9 Å². The van der Waals surface area contributed by atoms with E-state index in [0.717, 1.165) is 5.69 Å². The third-order valence-electron chi connectivity index (χ3n) is 5.34. The molecule has 2 amide bonds. The van der Waals surface area contributed by atoms with Crippen molar-refractivity contribution >= 4 is 29.1 Å². The molecule has 2 aliphatic rings. The lowest BCUT2D eigenvalue weighted by atomic mass is 10.1. The number of fused-ring (bicyclic) bond motifs is 1. The number of carbonyl (C=O) groups is 2. The first-order chi connectivity index (χ1) is 13.3. The number of hydrogen-bond acceptors (Lipinski definition) is 4. The number of rotatable bonds is 3. The highest BCUT2D eigenvalue weighted by molar-refractivity contribution is 6.30. The normalized spacial score (nSPS) is 21.9. The summed E-state index contributed by atoms with van der Waals surface area (Å²) >= 11 is 5.81. The van der Waals surface area contributed by atoms with Gasteiger partial charge in [0.1, 0.15) is 11.9 Å². The maximum Gasteiger partial charge on any atom is 0.255 e. The SMILES string of the molecule is C[C@H]1Cn2ncc(N3CCC(O)C3=O)c2CN1C(=O)Cc1ccc(F)c(Cl)c1. The van der Waals surface area contributed by atoms with E-state index in [2.05, 4.69) is 5.10 Å². The number of hydrogen-bond donors (Lipinski definition) is 1. The van der Waals surface area contributed by atoms with Gasteiger partial charge in [0.2, 0.25) is 5.91 Å². The van der Waals surface area contributed by atoms with Crippen molar-refractivity contribution in [1.82, 2.24) is 14.7 Å². The second kappa shape index (κ2) is 7.18. The van der Waals surface area contributed by atoms with E-state index in [-0.39, 0.29) is 29.3 Å². The number of carbonyl (C=O) groups excluding carboxylic acids is 2. The fourth-order valence-electron chi connectivity index (χ4n) is 3.78. The predicted molar refractivity (Wildman–Crippen MR) is 100 cm³/mol. The quantitative estimate of drug-likeness (QED) is 0.842. The number of aliphatic hydroxyl groups excluding tert-OH is 1. The highest BCUT2D eigenvalue weighted by Gasteiger charge is 2.36. The summed E-state index contributed by atoms with van der Waals surface area (Å²) in [6.07, 6.45) is 1.12. The second-order valence-electron chi connectivity index (χ2n) is 7.25. The van der Waals surface area contributed by atoms with Gasteiger partial charge >= 0.3 is 0 Å². The molecular weight excluding hydrogens is 387 g/mol. The van der Waals surface area contributed by atoms with E-state index >= 15 is 0 Å². The van der Waals surface area contributed by atoms with Crippen molar-refractivity contribution in [2.75, 3.05) is 11.4 Å². The molecule has 7 nitrogen and oxygen atoms in total. The van der Waals surface area contributed by atoms with Gasteiger partial charge in [-0.3, -0.25) is 14.3 Å². The van der Waals surface area contributed by atoms with Gasteiger partial charge in [-0.2, -0.15) is 5.10 Å². The molecular formula is C19H20ClFN4O3.